The third-order valence-corrected chi connectivity index (χ3v) is 16.1. The summed E-state index contributed by atoms with van der Waals surface area (Å²) in [5.41, 5.74) is 24.5. The lowest BCUT2D eigenvalue weighted by molar-refractivity contribution is 0.759. The van der Waals surface area contributed by atoms with Gasteiger partial charge in [0.15, 0.2) is 0 Å². The molecule has 74 heavy (non-hydrogen) atoms. The number of aromatic nitrogens is 2. The van der Waals surface area contributed by atoms with Gasteiger partial charge in [0, 0.05) is 11.6 Å². The normalized spacial score (nSPS) is 13.6. The second-order valence-electron chi connectivity index (χ2n) is 20.4. The molecule has 0 amide bonds. The molecule has 0 spiro atoms. The van der Waals surface area contributed by atoms with Gasteiger partial charge in [-0.2, -0.15) is 0 Å². The van der Waals surface area contributed by atoms with Crippen molar-refractivity contribution in [3.63, 3.8) is 0 Å². The van der Waals surface area contributed by atoms with Crippen LogP contribution in [0.3, 0.4) is 0 Å². The molecule has 11 aromatic carbocycles. The van der Waals surface area contributed by atoms with E-state index in [1.54, 1.807) is 0 Å². The molecule has 2 heteroatoms. The summed E-state index contributed by atoms with van der Waals surface area (Å²) in [5, 5.41) is 0. The molecule has 2 aliphatic carbocycles. The van der Waals surface area contributed by atoms with E-state index in [1.807, 2.05) is 0 Å². The standard InChI is InChI=1S/C72H52N2/c1-48(2)70-73-68-30-18-19-31-69(68)74(70)59-40-36-52(37-41-59)54-39-43-61-63-47-66-62(46-67(63)72(65(61)45-54,57-26-14-6-15-27-57)58-28-16-7-17-29-58)60-42-38-53(51-34-32-50(33-35-51)49-20-8-3-9-21-49)44-64(60)71(66,55-22-10-4-11-23-55)56-24-12-5-13-25-56/h3-48H,1-2H3. The fraction of sp³-hybridized carbons (Fsp3) is 0.0694. The molecule has 12 aromatic rings. The highest BCUT2D eigenvalue weighted by molar-refractivity contribution is 5.96. The summed E-state index contributed by atoms with van der Waals surface area (Å²) in [7, 11) is 0. The van der Waals surface area contributed by atoms with E-state index in [1.165, 1.54) is 100 Å². The van der Waals surface area contributed by atoms with Gasteiger partial charge in [-0.3, -0.25) is 4.57 Å². The Labute approximate surface area is 433 Å². The van der Waals surface area contributed by atoms with E-state index in [9.17, 15) is 0 Å². The summed E-state index contributed by atoms with van der Waals surface area (Å²) >= 11 is 0. The lowest BCUT2D eigenvalue weighted by Gasteiger charge is -2.35. The molecule has 0 aliphatic heterocycles. The minimum atomic E-state index is -0.620. The van der Waals surface area contributed by atoms with Crippen LogP contribution in [0, 0.1) is 0 Å². The van der Waals surface area contributed by atoms with Gasteiger partial charge in [0.2, 0.25) is 0 Å². The van der Waals surface area contributed by atoms with Crippen LogP contribution >= 0.6 is 0 Å². The highest BCUT2D eigenvalue weighted by Gasteiger charge is 2.51. The Kier molecular flexibility index (Phi) is 10.2. The molecule has 0 bridgehead atoms. The van der Waals surface area contributed by atoms with Crippen LogP contribution in [0.2, 0.25) is 0 Å². The quantitative estimate of drug-likeness (QED) is 0.141. The summed E-state index contributed by atoms with van der Waals surface area (Å²) in [6.07, 6.45) is 0. The third kappa shape index (κ3) is 6.54. The summed E-state index contributed by atoms with van der Waals surface area (Å²) in [4.78, 5) is 5.07. The van der Waals surface area contributed by atoms with Gasteiger partial charge in [-0.1, -0.05) is 238 Å². The topological polar surface area (TPSA) is 17.8 Å². The molecule has 0 N–H and O–H groups in total. The van der Waals surface area contributed by atoms with Gasteiger partial charge in [-0.05, 0) is 149 Å². The number of nitrogens with zero attached hydrogens (tertiary/aromatic N) is 2. The number of imidazole rings is 1. The van der Waals surface area contributed by atoms with Crippen molar-refractivity contribution in [3.8, 4) is 61.3 Å². The van der Waals surface area contributed by atoms with Crippen molar-refractivity contribution in [1.29, 1.82) is 0 Å². The van der Waals surface area contributed by atoms with Crippen molar-refractivity contribution in [2.24, 2.45) is 0 Å². The van der Waals surface area contributed by atoms with Gasteiger partial charge in [0.05, 0.1) is 21.9 Å². The van der Waals surface area contributed by atoms with Crippen LogP contribution in [-0.4, -0.2) is 9.55 Å². The van der Waals surface area contributed by atoms with E-state index in [2.05, 4.69) is 291 Å². The minimum absolute atomic E-state index is 0.269. The smallest absolute Gasteiger partial charge is 0.117 e. The van der Waals surface area contributed by atoms with E-state index in [-0.39, 0.29) is 5.92 Å². The summed E-state index contributed by atoms with van der Waals surface area (Å²) in [5.74, 6) is 1.34. The molecule has 0 saturated heterocycles. The number of fused-ring (bicyclic) bond motifs is 7. The molecule has 0 unspecified atom stereocenters. The number of hydrogen-bond acceptors (Lipinski definition) is 1. The Balaban J connectivity index is 1.000. The Morgan fingerprint density at radius 3 is 1.08 bits per heavy atom. The molecule has 1 heterocycles. The molecule has 350 valence electrons. The average Bonchev–Trinajstić information content (AvgIpc) is 4.13. The van der Waals surface area contributed by atoms with E-state index >= 15 is 0 Å². The molecule has 2 aliphatic rings. The van der Waals surface area contributed by atoms with Crippen LogP contribution in [0.1, 0.15) is 70.1 Å². The molecule has 14 rings (SSSR count). The zero-order valence-electron chi connectivity index (χ0n) is 41.5. The van der Waals surface area contributed by atoms with E-state index in [4.69, 9.17) is 4.98 Å². The summed E-state index contributed by atoms with van der Waals surface area (Å²) in [6.45, 7) is 4.44. The lowest BCUT2D eigenvalue weighted by atomic mass is 9.65. The van der Waals surface area contributed by atoms with Crippen LogP contribution in [0.15, 0.2) is 273 Å². The largest absolute Gasteiger partial charge is 0.296 e. The van der Waals surface area contributed by atoms with Crippen molar-refractivity contribution in [3.05, 3.63) is 323 Å². The van der Waals surface area contributed by atoms with Gasteiger partial charge in [-0.25, -0.2) is 4.98 Å². The average molecular weight is 945 g/mol. The van der Waals surface area contributed by atoms with Crippen molar-refractivity contribution in [2.45, 2.75) is 30.6 Å². The molecule has 0 radical (unpaired) electrons. The second kappa shape index (κ2) is 17.3. The van der Waals surface area contributed by atoms with Gasteiger partial charge in [-0.15, -0.1) is 0 Å². The first-order chi connectivity index (χ1) is 36.5. The SMILES string of the molecule is CC(C)c1nc2ccccc2n1-c1ccc(-c2ccc3c(c2)C(c2ccccc2)(c2ccccc2)c2cc4c(cc2-3)C(c2ccccc2)(c2ccccc2)c2cc(-c3ccc(-c5ccccc5)cc3)ccc2-4)cc1. The van der Waals surface area contributed by atoms with Crippen molar-refractivity contribution < 1.29 is 0 Å². The second-order valence-corrected chi connectivity index (χ2v) is 20.4. The molecule has 0 atom stereocenters. The number of rotatable bonds is 9. The van der Waals surface area contributed by atoms with Gasteiger partial charge < -0.3 is 0 Å². The zero-order valence-corrected chi connectivity index (χ0v) is 41.5. The van der Waals surface area contributed by atoms with E-state index in [0.29, 0.717) is 0 Å². The van der Waals surface area contributed by atoms with Crippen LogP contribution < -0.4 is 0 Å². The maximum Gasteiger partial charge on any atom is 0.117 e. The Hall–Kier alpha value is -9.11. The Morgan fingerprint density at radius 2 is 0.649 bits per heavy atom. The van der Waals surface area contributed by atoms with Crippen molar-refractivity contribution in [2.75, 3.05) is 0 Å². The van der Waals surface area contributed by atoms with E-state index in [0.717, 1.165) is 22.5 Å². The maximum atomic E-state index is 5.07. The van der Waals surface area contributed by atoms with Crippen molar-refractivity contribution >= 4 is 11.0 Å². The summed E-state index contributed by atoms with van der Waals surface area (Å²) < 4.78 is 2.32. The Morgan fingerprint density at radius 1 is 0.311 bits per heavy atom. The first kappa shape index (κ1) is 43.7. The lowest BCUT2D eigenvalue weighted by Crippen LogP contribution is -2.30. The molecule has 0 fully saturated rings. The predicted molar refractivity (Wildman–Crippen MR) is 306 cm³/mol. The first-order valence-electron chi connectivity index (χ1n) is 26.0. The molecular weight excluding hydrogens is 893 g/mol. The zero-order chi connectivity index (χ0) is 49.4. The van der Waals surface area contributed by atoms with Gasteiger partial charge in [0.1, 0.15) is 5.82 Å². The van der Waals surface area contributed by atoms with Crippen LogP contribution in [-0.2, 0) is 10.8 Å². The number of para-hydroxylation sites is 2. The van der Waals surface area contributed by atoms with Gasteiger partial charge in [0.25, 0.3) is 0 Å². The fourth-order valence-electron chi connectivity index (χ4n) is 12.8. The molecule has 1 aromatic heterocycles. The third-order valence-electron chi connectivity index (χ3n) is 16.1. The highest BCUT2D eigenvalue weighted by atomic mass is 15.1. The fourth-order valence-corrected chi connectivity index (χ4v) is 12.8. The highest BCUT2D eigenvalue weighted by Crippen LogP contribution is 2.63. The molecule has 0 saturated carbocycles. The predicted octanol–water partition coefficient (Wildman–Crippen LogP) is 17.9. The van der Waals surface area contributed by atoms with Crippen LogP contribution in [0.5, 0.6) is 0 Å². The maximum absolute atomic E-state index is 5.07. The van der Waals surface area contributed by atoms with Crippen LogP contribution in [0.4, 0.5) is 0 Å². The van der Waals surface area contributed by atoms with Crippen LogP contribution in [0.25, 0.3) is 72.4 Å². The minimum Gasteiger partial charge on any atom is -0.296 e. The Bertz CT molecular complexity index is 3960. The monoisotopic (exact) mass is 944 g/mol. The summed E-state index contributed by atoms with van der Waals surface area (Å²) in [6, 6.07) is 102. The first-order valence-corrected chi connectivity index (χ1v) is 26.0. The van der Waals surface area contributed by atoms with E-state index < -0.39 is 10.8 Å². The number of hydrogen-bond donors (Lipinski definition) is 0. The van der Waals surface area contributed by atoms with Crippen molar-refractivity contribution in [1.82, 2.24) is 9.55 Å². The molecule has 2 nitrogen and oxygen atoms in total. The molecular formula is C72H52N2. The number of benzene rings is 11. The van der Waals surface area contributed by atoms with Gasteiger partial charge >= 0.3 is 0 Å².